The normalized spacial score (nSPS) is 17.1. The molecule has 0 spiro atoms. The van der Waals surface area contributed by atoms with Crippen LogP contribution in [0.4, 0.5) is 0 Å². The Kier molecular flexibility index (Phi) is 6.98. The Labute approximate surface area is 90.9 Å². The number of nitriles is 1. The average molecular weight is 216 g/mol. The molecule has 0 aromatic rings. The van der Waals surface area contributed by atoms with Gasteiger partial charge in [0.2, 0.25) is 0 Å². The van der Waals surface area contributed by atoms with E-state index in [0.29, 0.717) is 5.25 Å². The first-order chi connectivity index (χ1) is 6.58. The highest BCUT2D eigenvalue weighted by Gasteiger charge is 2.19. The summed E-state index contributed by atoms with van der Waals surface area (Å²) in [5.74, 6) is 1.00. The molecule has 0 aliphatic rings. The van der Waals surface area contributed by atoms with Gasteiger partial charge in [-0.15, -0.1) is 0 Å². The Bertz CT molecular complexity index is 193. The number of nitrogens with zero attached hydrogens (tertiary/aromatic N) is 1. The zero-order valence-electron chi connectivity index (χ0n) is 9.21. The second-order valence-corrected chi connectivity index (χ2v) is 5.21. The molecule has 0 saturated carbocycles. The molecule has 0 aliphatic carbocycles. The van der Waals surface area contributed by atoms with Gasteiger partial charge in [0.1, 0.15) is 5.54 Å². The van der Waals surface area contributed by atoms with Gasteiger partial charge in [0.15, 0.2) is 0 Å². The van der Waals surface area contributed by atoms with Gasteiger partial charge < -0.3 is 10.4 Å². The van der Waals surface area contributed by atoms with Crippen LogP contribution in [0.25, 0.3) is 0 Å². The third kappa shape index (κ3) is 5.48. The van der Waals surface area contributed by atoms with Crippen LogP contribution in [0.1, 0.15) is 26.7 Å². The van der Waals surface area contributed by atoms with E-state index in [2.05, 4.69) is 11.4 Å². The van der Waals surface area contributed by atoms with Crippen molar-refractivity contribution >= 4 is 11.8 Å². The molecule has 3 nitrogen and oxygen atoms in total. The maximum absolute atomic E-state index is 8.88. The van der Waals surface area contributed by atoms with Crippen LogP contribution >= 0.6 is 11.8 Å². The molecule has 0 radical (unpaired) electrons. The first-order valence-corrected chi connectivity index (χ1v) is 5.95. The highest BCUT2D eigenvalue weighted by Crippen LogP contribution is 2.16. The first kappa shape index (κ1) is 13.8. The Morgan fingerprint density at radius 1 is 1.64 bits per heavy atom. The summed E-state index contributed by atoms with van der Waals surface area (Å²) >= 11 is 1.75. The van der Waals surface area contributed by atoms with Gasteiger partial charge in [-0.1, -0.05) is 6.92 Å². The molecular formula is C10H20N2OS. The van der Waals surface area contributed by atoms with Crippen molar-refractivity contribution in [2.24, 2.45) is 0 Å². The summed E-state index contributed by atoms with van der Waals surface area (Å²) in [7, 11) is 1.81. The van der Waals surface area contributed by atoms with Crippen molar-refractivity contribution in [2.75, 3.05) is 19.4 Å². The number of hydrogen-bond acceptors (Lipinski definition) is 4. The molecule has 0 bridgehead atoms. The minimum Gasteiger partial charge on any atom is -0.395 e. The van der Waals surface area contributed by atoms with Crippen molar-refractivity contribution in [1.29, 1.82) is 5.26 Å². The number of thioether (sulfide) groups is 1. The molecule has 0 saturated heterocycles. The molecular weight excluding hydrogens is 196 g/mol. The van der Waals surface area contributed by atoms with E-state index in [4.69, 9.17) is 10.4 Å². The van der Waals surface area contributed by atoms with Gasteiger partial charge >= 0.3 is 0 Å². The molecule has 0 rings (SSSR count). The highest BCUT2D eigenvalue weighted by atomic mass is 32.2. The fourth-order valence-electron chi connectivity index (χ4n) is 1.000. The predicted molar refractivity (Wildman–Crippen MR) is 61.3 cm³/mol. The topological polar surface area (TPSA) is 56.0 Å². The largest absolute Gasteiger partial charge is 0.395 e. The van der Waals surface area contributed by atoms with Crippen LogP contribution in [0.2, 0.25) is 0 Å². The lowest BCUT2D eigenvalue weighted by molar-refractivity contribution is 0.300. The van der Waals surface area contributed by atoms with Gasteiger partial charge in [0, 0.05) is 5.25 Å². The van der Waals surface area contributed by atoms with Crippen LogP contribution in [0.3, 0.4) is 0 Å². The zero-order valence-corrected chi connectivity index (χ0v) is 10.0. The Balaban J connectivity index is 3.59. The Morgan fingerprint density at radius 3 is 2.71 bits per heavy atom. The molecule has 0 aromatic heterocycles. The lowest BCUT2D eigenvalue weighted by Gasteiger charge is -2.20. The van der Waals surface area contributed by atoms with Gasteiger partial charge in [0.25, 0.3) is 0 Å². The van der Waals surface area contributed by atoms with E-state index in [0.717, 1.165) is 18.6 Å². The summed E-state index contributed by atoms with van der Waals surface area (Å²) in [5.41, 5.74) is -0.400. The lowest BCUT2D eigenvalue weighted by atomic mass is 9.99. The van der Waals surface area contributed by atoms with E-state index in [9.17, 15) is 0 Å². The summed E-state index contributed by atoms with van der Waals surface area (Å²) in [6.07, 6.45) is 1.85. The fourth-order valence-corrected chi connectivity index (χ4v) is 1.82. The number of rotatable bonds is 7. The maximum atomic E-state index is 8.88. The molecule has 0 fully saturated rings. The molecule has 0 aromatic carbocycles. The van der Waals surface area contributed by atoms with E-state index < -0.39 is 5.54 Å². The predicted octanol–water partition coefficient (Wildman–Crippen LogP) is 1.38. The molecule has 4 heteroatoms. The van der Waals surface area contributed by atoms with Crippen LogP contribution in [0.5, 0.6) is 0 Å². The highest BCUT2D eigenvalue weighted by molar-refractivity contribution is 7.99. The van der Waals surface area contributed by atoms with Crippen molar-refractivity contribution in [3.63, 3.8) is 0 Å². The minimum absolute atomic E-state index is 0.228. The van der Waals surface area contributed by atoms with Gasteiger partial charge in [0.05, 0.1) is 12.7 Å². The third-order valence-corrected chi connectivity index (χ3v) is 3.52. The quantitative estimate of drug-likeness (QED) is 0.631. The smallest absolute Gasteiger partial charge is 0.103 e. The summed E-state index contributed by atoms with van der Waals surface area (Å²) in [6.45, 7) is 4.14. The number of aliphatic hydroxyl groups is 1. The second kappa shape index (κ2) is 7.10. The Hall–Kier alpha value is -0.240. The van der Waals surface area contributed by atoms with E-state index in [-0.39, 0.29) is 6.61 Å². The monoisotopic (exact) mass is 216 g/mol. The molecule has 0 amide bonds. The third-order valence-electron chi connectivity index (χ3n) is 2.28. The minimum atomic E-state index is -0.400. The summed E-state index contributed by atoms with van der Waals surface area (Å²) < 4.78 is 0. The lowest BCUT2D eigenvalue weighted by Crippen LogP contribution is -2.38. The van der Waals surface area contributed by atoms with Gasteiger partial charge in [-0.25, -0.2) is 0 Å². The van der Waals surface area contributed by atoms with Crippen molar-refractivity contribution < 1.29 is 5.11 Å². The first-order valence-electron chi connectivity index (χ1n) is 4.90. The fraction of sp³-hybridized carbons (Fsp3) is 0.900. The van der Waals surface area contributed by atoms with Gasteiger partial charge in [-0.05, 0) is 32.6 Å². The van der Waals surface area contributed by atoms with E-state index in [1.807, 2.05) is 20.9 Å². The number of aliphatic hydroxyl groups excluding tert-OH is 1. The molecule has 2 N–H and O–H groups in total. The standard InChI is InChI=1S/C10H20N2OS/c1-9(7-13)14-6-4-5-10(2,8-11)12-3/h9,12-13H,4-7H2,1-3H3. The molecule has 2 atom stereocenters. The van der Waals surface area contributed by atoms with Crippen molar-refractivity contribution in [3.05, 3.63) is 0 Å². The SMILES string of the molecule is CNC(C)(C#N)CCCSC(C)CO. The Morgan fingerprint density at radius 2 is 2.29 bits per heavy atom. The van der Waals surface area contributed by atoms with Crippen molar-refractivity contribution in [3.8, 4) is 6.07 Å². The maximum Gasteiger partial charge on any atom is 0.103 e. The zero-order chi connectivity index (χ0) is 11.0. The van der Waals surface area contributed by atoms with Crippen LogP contribution in [0.15, 0.2) is 0 Å². The molecule has 0 aliphatic heterocycles. The summed E-state index contributed by atoms with van der Waals surface area (Å²) in [6, 6.07) is 2.26. The number of nitrogens with one attached hydrogen (secondary N) is 1. The summed E-state index contributed by atoms with van der Waals surface area (Å²) in [4.78, 5) is 0. The molecule has 2 unspecified atom stereocenters. The summed E-state index contributed by atoms with van der Waals surface area (Å²) in [5, 5.41) is 21.0. The molecule has 82 valence electrons. The van der Waals surface area contributed by atoms with Crippen LogP contribution in [-0.4, -0.2) is 35.3 Å². The molecule has 0 heterocycles. The van der Waals surface area contributed by atoms with Crippen LogP contribution in [-0.2, 0) is 0 Å². The van der Waals surface area contributed by atoms with Gasteiger partial charge in [-0.2, -0.15) is 17.0 Å². The van der Waals surface area contributed by atoms with Crippen molar-refractivity contribution in [2.45, 2.75) is 37.5 Å². The van der Waals surface area contributed by atoms with E-state index in [1.165, 1.54) is 0 Å². The number of hydrogen-bond donors (Lipinski definition) is 2. The second-order valence-electron chi connectivity index (χ2n) is 3.66. The van der Waals surface area contributed by atoms with E-state index >= 15 is 0 Å². The van der Waals surface area contributed by atoms with E-state index in [1.54, 1.807) is 11.8 Å². The van der Waals surface area contributed by atoms with Gasteiger partial charge in [-0.3, -0.25) is 0 Å². The van der Waals surface area contributed by atoms with Crippen LogP contribution in [0, 0.1) is 11.3 Å². The van der Waals surface area contributed by atoms with Crippen molar-refractivity contribution in [1.82, 2.24) is 5.32 Å². The molecule has 14 heavy (non-hydrogen) atoms. The average Bonchev–Trinajstić information content (AvgIpc) is 2.23. The van der Waals surface area contributed by atoms with Crippen LogP contribution < -0.4 is 5.32 Å².